The second-order valence-electron chi connectivity index (χ2n) is 27.1. The van der Waals surface area contributed by atoms with Crippen LogP contribution in [-0.2, 0) is 76.3 Å². The van der Waals surface area contributed by atoms with Crippen molar-refractivity contribution in [3.05, 3.63) is 0 Å². The Kier molecular flexibility index (Phi) is 44.5. The maximum absolute atomic E-state index is 13.9. The van der Waals surface area contributed by atoms with Crippen molar-refractivity contribution >= 4 is 53.2 Å². The normalized spacial score (nSPS) is 28.1. The fourth-order valence-corrected chi connectivity index (χ4v) is 12.5. The third-order valence-corrected chi connectivity index (χ3v) is 18.4. The molecule has 4 aliphatic heterocycles. The lowest BCUT2D eigenvalue weighted by Crippen LogP contribution is -2.64. The van der Waals surface area contributed by atoms with Crippen molar-refractivity contribution in [1.82, 2.24) is 47.9 Å². The van der Waals surface area contributed by atoms with Gasteiger partial charge in [-0.25, -0.2) is 0 Å². The van der Waals surface area contributed by atoms with Crippen molar-refractivity contribution in [2.45, 2.75) is 304 Å². The van der Waals surface area contributed by atoms with Crippen LogP contribution in [0.2, 0.25) is 0 Å². The molecule has 4 fully saturated rings. The average molecular weight is 1500 g/mol. The molecule has 36 nitrogen and oxygen atoms in total. The van der Waals surface area contributed by atoms with Gasteiger partial charge < -0.3 is 137 Å². The summed E-state index contributed by atoms with van der Waals surface area (Å²) in [5.41, 5.74) is 0. The highest BCUT2D eigenvalue weighted by Gasteiger charge is 2.48. The molecule has 4 saturated heterocycles. The summed E-state index contributed by atoms with van der Waals surface area (Å²) < 4.78 is 39.6. The lowest BCUT2D eigenvalue weighted by molar-refractivity contribution is -0.270. The predicted octanol–water partition coefficient (Wildman–Crippen LogP) is -4.83. The van der Waals surface area contributed by atoms with E-state index in [4.69, 9.17) is 33.2 Å². The average Bonchev–Trinajstić information content (AvgIpc) is 1.09. The first-order chi connectivity index (χ1) is 49.8. The van der Waals surface area contributed by atoms with Crippen LogP contribution in [0.1, 0.15) is 181 Å². The molecular weight excluding hydrogens is 1370 g/mol. The van der Waals surface area contributed by atoms with E-state index in [2.05, 4.69) is 47.9 Å². The van der Waals surface area contributed by atoms with Crippen molar-refractivity contribution in [3.8, 4) is 0 Å². The Morgan fingerprint density at radius 3 is 1.04 bits per heavy atom. The lowest BCUT2D eigenvalue weighted by Gasteiger charge is -2.42. The van der Waals surface area contributed by atoms with E-state index in [-0.39, 0.29) is 90.5 Å². The molecule has 4 heterocycles. The molecule has 0 aromatic carbocycles. The second kappa shape index (κ2) is 51.0. The highest BCUT2D eigenvalue weighted by atomic mass is 16.7. The van der Waals surface area contributed by atoms with Crippen molar-refractivity contribution in [2.24, 2.45) is 0 Å². The van der Waals surface area contributed by atoms with Crippen LogP contribution < -0.4 is 47.9 Å². The molecule has 9 amide bonds. The third kappa shape index (κ3) is 33.3. The second-order valence-corrected chi connectivity index (χ2v) is 27.1. The number of amides is 9. The van der Waals surface area contributed by atoms with Crippen molar-refractivity contribution < 1.29 is 132 Å². The van der Waals surface area contributed by atoms with E-state index in [1.54, 1.807) is 0 Å². The summed E-state index contributed by atoms with van der Waals surface area (Å²) in [7, 11) is 0. The molecule has 0 aromatic heterocycles. The molecule has 0 aromatic rings. The van der Waals surface area contributed by atoms with Gasteiger partial charge in [0.25, 0.3) is 0 Å². The first kappa shape index (κ1) is 90.9. The minimum Gasteiger partial charge on any atom is -0.394 e. The summed E-state index contributed by atoms with van der Waals surface area (Å²) in [5.74, 6) is -4.38. The van der Waals surface area contributed by atoms with E-state index in [0.29, 0.717) is 96.4 Å². The van der Waals surface area contributed by atoms with Crippen molar-refractivity contribution in [2.75, 3.05) is 72.4 Å². The van der Waals surface area contributed by atoms with Crippen molar-refractivity contribution in [3.63, 3.8) is 0 Å². The number of carbonyl (C=O) groups is 9. The minimum atomic E-state index is -1.47. The summed E-state index contributed by atoms with van der Waals surface area (Å²) in [6.45, 7) is 3.04. The van der Waals surface area contributed by atoms with Crippen LogP contribution >= 0.6 is 0 Å². The van der Waals surface area contributed by atoms with E-state index in [0.717, 1.165) is 32.1 Å². The van der Waals surface area contributed by atoms with Crippen LogP contribution in [0.15, 0.2) is 0 Å². The monoisotopic (exact) mass is 1500 g/mol. The van der Waals surface area contributed by atoms with Gasteiger partial charge in [0.1, 0.15) is 97.4 Å². The Bertz CT molecular complexity index is 2540. The molecule has 600 valence electrons. The molecule has 16 unspecified atom stereocenters. The summed E-state index contributed by atoms with van der Waals surface area (Å²) in [5, 5.41) is 135. The fourth-order valence-electron chi connectivity index (χ4n) is 12.5. The van der Waals surface area contributed by atoms with Gasteiger partial charge in [0.15, 0.2) is 18.9 Å². The van der Waals surface area contributed by atoms with E-state index in [9.17, 15) is 99.3 Å². The van der Waals surface area contributed by atoms with Crippen LogP contribution in [0.3, 0.4) is 0 Å². The van der Waals surface area contributed by atoms with E-state index in [1.807, 2.05) is 0 Å². The predicted molar refractivity (Wildman–Crippen MR) is 367 cm³/mol. The van der Waals surface area contributed by atoms with Crippen LogP contribution in [-0.4, -0.2) is 304 Å². The summed E-state index contributed by atoms with van der Waals surface area (Å²) >= 11 is 0. The van der Waals surface area contributed by atoms with E-state index >= 15 is 0 Å². The quantitative estimate of drug-likeness (QED) is 0.0254. The zero-order valence-corrected chi connectivity index (χ0v) is 60.5. The zero-order valence-electron chi connectivity index (χ0n) is 60.5. The maximum Gasteiger partial charge on any atom is 0.249 e. The molecule has 0 radical (unpaired) electrons. The lowest BCUT2D eigenvalue weighted by atomic mass is 9.97. The van der Waals surface area contributed by atoms with Crippen LogP contribution in [0.5, 0.6) is 0 Å². The molecule has 0 bridgehead atoms. The smallest absolute Gasteiger partial charge is 0.249 e. The molecule has 4 rings (SSSR count). The topological polar surface area (TPSA) is 549 Å². The Morgan fingerprint density at radius 1 is 0.365 bits per heavy atom. The molecule has 36 heteroatoms. The number of unbranched alkanes of at least 4 members (excludes halogenated alkanes) is 15. The summed E-state index contributed by atoms with van der Waals surface area (Å²) in [4.78, 5) is 116. The minimum absolute atomic E-state index is 0.0907. The first-order valence-electron chi connectivity index (χ1n) is 37.0. The van der Waals surface area contributed by atoms with Crippen molar-refractivity contribution in [1.29, 1.82) is 0 Å². The third-order valence-electron chi connectivity index (χ3n) is 18.4. The Hall–Kier alpha value is -5.49. The first-order valence-corrected chi connectivity index (χ1v) is 37.0. The van der Waals surface area contributed by atoms with E-state index in [1.165, 1.54) is 20.8 Å². The number of aliphatic hydroxyl groups excluding tert-OH is 11. The number of ether oxygens (including phenoxy) is 7. The van der Waals surface area contributed by atoms with Gasteiger partial charge in [0.05, 0.1) is 32.5 Å². The van der Waals surface area contributed by atoms with Crippen LogP contribution in [0, 0.1) is 0 Å². The Morgan fingerprint density at radius 2 is 0.683 bits per heavy atom. The zero-order chi connectivity index (χ0) is 76.5. The molecule has 20 atom stereocenters. The van der Waals surface area contributed by atoms with Gasteiger partial charge in [0.2, 0.25) is 53.2 Å². The van der Waals surface area contributed by atoms with E-state index < -0.39 is 189 Å². The van der Waals surface area contributed by atoms with Gasteiger partial charge in [-0.05, 0) is 64.2 Å². The Labute approximate surface area is 607 Å². The van der Waals surface area contributed by atoms with Gasteiger partial charge in [-0.15, -0.1) is 0 Å². The highest BCUT2D eigenvalue weighted by Crippen LogP contribution is 2.27. The highest BCUT2D eigenvalue weighted by molar-refractivity contribution is 5.90. The molecule has 0 aliphatic carbocycles. The Balaban J connectivity index is 1.31. The molecule has 20 N–H and O–H groups in total. The number of rotatable bonds is 52. The number of aliphatic hydroxyl groups is 11. The number of hydrogen-bond acceptors (Lipinski definition) is 27. The SMILES string of the molecule is CC(=O)NC1C(OCCCCCCNC(=O)CCC(NC(=O)CCC(NC(=O)CCCCCCCCCNC(=O)[C@H]2C[C@H](O)[C@@H](CO)O2)C(=O)NCCCCCCOC2O[C@H](CO)C(O)C(O)C2NC(C)=O)C(=O)NCCCCCCOC2OC(CO)C(O)C(O)C2NC(C)=O)OC(CO)C(O)C1O. The number of nitrogens with one attached hydrogen (secondary N) is 9. The molecule has 104 heavy (non-hydrogen) atoms. The fraction of sp³-hybridized carbons (Fsp3) is 0.868. The molecular formula is C68H121N9O27. The van der Waals surface area contributed by atoms with Gasteiger partial charge in [-0.1, -0.05) is 70.6 Å². The molecule has 0 saturated carbocycles. The number of hydrogen-bond donors (Lipinski definition) is 20. The maximum atomic E-state index is 13.9. The van der Waals surface area contributed by atoms with Gasteiger partial charge in [0, 0.05) is 92.5 Å². The summed E-state index contributed by atoms with van der Waals surface area (Å²) in [6.07, 6.45) is -6.45. The van der Waals surface area contributed by atoms with Crippen LogP contribution in [0.4, 0.5) is 0 Å². The van der Waals surface area contributed by atoms with Crippen LogP contribution in [0.25, 0.3) is 0 Å². The van der Waals surface area contributed by atoms with Gasteiger partial charge in [-0.2, -0.15) is 0 Å². The van der Waals surface area contributed by atoms with Gasteiger partial charge >= 0.3 is 0 Å². The summed E-state index contributed by atoms with van der Waals surface area (Å²) in [6, 6.07) is -5.63. The standard InChI is InChI=1S/C68H121N9O27/c1-40(82)73-54-60(92)57(89)48(37-79)102-66(54)98-32-20-12-9-16-28-69-51(86)26-24-43(63(95)70-29-18-10-13-21-33-99-67-55(74-41(2)83)61(93)58(90)49(38-80)103-67)77-53(88)27-25-44(76-52(87)23-15-7-5-4-6-8-17-31-72-65(97)46-35-45(85)47(36-78)101-46)64(96)71-30-19-11-14-22-34-100-68-56(75-42(3)84)62(94)59(91)50(39-81)104-68/h43-50,54-62,66-68,78-81,85,89-94H,4-39H2,1-3H3,(H,69,86)(H,70,95)(H,71,96)(H,72,97)(H,73,82)(H,74,83)(H,75,84)(H,76,87)(H,77,88)/t43?,44?,45-,46+,47+,48?,49?,50+,54?,55?,56?,57?,58?,59?,60?,61?,62?,66?,67?,68?/m0/s1. The number of carbonyl (C=O) groups excluding carboxylic acids is 9. The molecule has 4 aliphatic rings. The largest absolute Gasteiger partial charge is 0.394 e. The molecule has 0 spiro atoms. The van der Waals surface area contributed by atoms with Gasteiger partial charge in [-0.3, -0.25) is 43.2 Å².